The molecule has 2 aliphatic heterocycles. The van der Waals surface area contributed by atoms with Crippen LogP contribution in [0.1, 0.15) is 23.7 Å². The molecule has 144 valence electrons. The van der Waals surface area contributed by atoms with Crippen molar-refractivity contribution in [3.63, 3.8) is 0 Å². The van der Waals surface area contributed by atoms with Gasteiger partial charge in [0.2, 0.25) is 0 Å². The van der Waals surface area contributed by atoms with E-state index in [2.05, 4.69) is 32.1 Å². The van der Waals surface area contributed by atoms with Crippen LogP contribution in [0.25, 0.3) is 11.3 Å². The van der Waals surface area contributed by atoms with Crippen LogP contribution in [-0.4, -0.2) is 42.3 Å². The summed E-state index contributed by atoms with van der Waals surface area (Å²) in [5.41, 5.74) is 9.66. The summed E-state index contributed by atoms with van der Waals surface area (Å²) in [6.45, 7) is 3.61. The van der Waals surface area contributed by atoms with Crippen molar-refractivity contribution in [3.05, 3.63) is 58.5 Å². The summed E-state index contributed by atoms with van der Waals surface area (Å²) >= 11 is 0. The van der Waals surface area contributed by atoms with Gasteiger partial charge in [0.05, 0.1) is 11.4 Å². The lowest BCUT2D eigenvalue weighted by molar-refractivity contribution is 0.112. The van der Waals surface area contributed by atoms with E-state index >= 15 is 0 Å². The first-order valence-corrected chi connectivity index (χ1v) is 9.59. The number of nitrogens with zero attached hydrogens (tertiary/aromatic N) is 6. The first kappa shape index (κ1) is 17.1. The van der Waals surface area contributed by atoms with Crippen molar-refractivity contribution in [2.24, 2.45) is 13.0 Å². The zero-order valence-corrected chi connectivity index (χ0v) is 15.8. The topological polar surface area (TPSA) is 94.9 Å². The highest BCUT2D eigenvalue weighted by Gasteiger charge is 2.35. The average Bonchev–Trinajstić information content (AvgIpc) is 3.07. The molecule has 5 heterocycles. The van der Waals surface area contributed by atoms with Gasteiger partial charge in [-0.15, -0.1) is 0 Å². The van der Waals surface area contributed by atoms with Gasteiger partial charge in [-0.2, -0.15) is 5.10 Å². The molecule has 2 atom stereocenters. The maximum atomic E-state index is 12.8. The molecule has 0 amide bonds. The molecule has 1 saturated heterocycles. The third kappa shape index (κ3) is 2.99. The third-order valence-corrected chi connectivity index (χ3v) is 5.92. The smallest absolute Gasteiger partial charge is 0.251 e. The fourth-order valence-corrected chi connectivity index (χ4v) is 4.65. The number of aromatic nitrogens is 5. The van der Waals surface area contributed by atoms with E-state index in [0.717, 1.165) is 43.9 Å². The quantitative estimate of drug-likeness (QED) is 0.738. The number of hydrogen-bond acceptors (Lipinski definition) is 6. The van der Waals surface area contributed by atoms with Crippen molar-refractivity contribution in [2.75, 3.05) is 18.8 Å². The van der Waals surface area contributed by atoms with Crippen molar-refractivity contribution in [3.8, 4) is 11.3 Å². The zero-order chi connectivity index (χ0) is 19.3. The molecule has 2 bridgehead atoms. The molecule has 28 heavy (non-hydrogen) atoms. The molecule has 0 aliphatic carbocycles. The van der Waals surface area contributed by atoms with Gasteiger partial charge in [-0.3, -0.25) is 14.4 Å². The Bertz CT molecular complexity index is 1090. The standard InChI is InChI=1S/C20H23N7O/c1-25-16(2-3-24-25)11-26-8-13-4-15(10-26)18-5-14(6-20(28)27(18)9-13)17-7-19(21)23-12-22-17/h2-3,5-7,12-13,15H,4,8-11H2,1H3,(H2,21,22,23)/t13-,15+/m0/s1. The number of piperidine rings is 1. The maximum absolute atomic E-state index is 12.8. The highest BCUT2D eigenvalue weighted by atomic mass is 16.1. The molecular formula is C20H23N7O. The van der Waals surface area contributed by atoms with Crippen molar-refractivity contribution in [1.29, 1.82) is 0 Å². The van der Waals surface area contributed by atoms with E-state index in [4.69, 9.17) is 5.73 Å². The Morgan fingerprint density at radius 3 is 2.86 bits per heavy atom. The normalized spacial score (nSPS) is 21.5. The molecule has 8 nitrogen and oxygen atoms in total. The van der Waals surface area contributed by atoms with Crippen molar-refractivity contribution in [2.45, 2.75) is 25.4 Å². The van der Waals surface area contributed by atoms with Crippen LogP contribution in [0.3, 0.4) is 0 Å². The highest BCUT2D eigenvalue weighted by Crippen LogP contribution is 2.36. The Morgan fingerprint density at radius 1 is 1.18 bits per heavy atom. The minimum atomic E-state index is 0.0412. The fraction of sp³-hybridized carbons (Fsp3) is 0.400. The van der Waals surface area contributed by atoms with E-state index in [1.807, 2.05) is 22.5 Å². The first-order valence-electron chi connectivity index (χ1n) is 9.59. The van der Waals surface area contributed by atoms with E-state index in [1.54, 1.807) is 12.1 Å². The summed E-state index contributed by atoms with van der Waals surface area (Å²) in [5, 5.41) is 4.28. The summed E-state index contributed by atoms with van der Waals surface area (Å²) < 4.78 is 3.88. The minimum absolute atomic E-state index is 0.0412. The number of likely N-dealkylation sites (tertiary alicyclic amines) is 1. The number of rotatable bonds is 3. The zero-order valence-electron chi connectivity index (χ0n) is 15.8. The summed E-state index contributed by atoms with van der Waals surface area (Å²) in [6.07, 6.45) is 4.40. The molecular weight excluding hydrogens is 354 g/mol. The largest absolute Gasteiger partial charge is 0.384 e. The van der Waals surface area contributed by atoms with Gasteiger partial charge in [-0.25, -0.2) is 9.97 Å². The number of nitrogen functional groups attached to an aromatic ring is 1. The molecule has 5 rings (SSSR count). The Morgan fingerprint density at radius 2 is 2.07 bits per heavy atom. The number of hydrogen-bond donors (Lipinski definition) is 1. The van der Waals surface area contributed by atoms with E-state index in [0.29, 0.717) is 23.3 Å². The molecule has 3 aromatic heterocycles. The number of anilines is 1. The fourth-order valence-electron chi connectivity index (χ4n) is 4.65. The Labute approximate surface area is 162 Å². The van der Waals surface area contributed by atoms with Gasteiger partial charge in [0.1, 0.15) is 12.1 Å². The maximum Gasteiger partial charge on any atom is 0.251 e. The summed E-state index contributed by atoms with van der Waals surface area (Å²) in [4.78, 5) is 23.5. The van der Waals surface area contributed by atoms with Crippen molar-refractivity contribution < 1.29 is 0 Å². The van der Waals surface area contributed by atoms with Gasteiger partial charge >= 0.3 is 0 Å². The van der Waals surface area contributed by atoms with E-state index in [1.165, 1.54) is 12.0 Å². The molecule has 0 saturated carbocycles. The van der Waals surface area contributed by atoms with E-state index < -0.39 is 0 Å². The molecule has 0 radical (unpaired) electrons. The minimum Gasteiger partial charge on any atom is -0.384 e. The van der Waals surface area contributed by atoms with Crippen LogP contribution in [0.5, 0.6) is 0 Å². The number of aryl methyl sites for hydroxylation is 1. The number of pyridine rings is 1. The van der Waals surface area contributed by atoms with Crippen LogP contribution in [0, 0.1) is 5.92 Å². The second-order valence-electron chi connectivity index (χ2n) is 7.88. The Balaban J connectivity index is 1.48. The Kier molecular flexibility index (Phi) is 4.01. The number of nitrogens with two attached hydrogens (primary N) is 1. The van der Waals surface area contributed by atoms with Crippen LogP contribution in [0.4, 0.5) is 5.82 Å². The first-order chi connectivity index (χ1) is 13.6. The average molecular weight is 377 g/mol. The van der Waals surface area contributed by atoms with E-state index in [-0.39, 0.29) is 5.56 Å². The number of fused-ring (bicyclic) bond motifs is 4. The lowest BCUT2D eigenvalue weighted by Crippen LogP contribution is -2.46. The van der Waals surface area contributed by atoms with Crippen molar-refractivity contribution >= 4 is 5.82 Å². The highest BCUT2D eigenvalue weighted by molar-refractivity contribution is 5.61. The summed E-state index contributed by atoms with van der Waals surface area (Å²) in [6, 6.07) is 7.56. The van der Waals surface area contributed by atoms with Gasteiger partial charge in [-0.1, -0.05) is 0 Å². The summed E-state index contributed by atoms with van der Waals surface area (Å²) in [7, 11) is 1.98. The van der Waals surface area contributed by atoms with Crippen LogP contribution in [-0.2, 0) is 20.1 Å². The second kappa shape index (κ2) is 6.56. The molecule has 2 N–H and O–H groups in total. The monoisotopic (exact) mass is 377 g/mol. The lowest BCUT2D eigenvalue weighted by atomic mass is 9.82. The van der Waals surface area contributed by atoms with Gasteiger partial charge in [0, 0.05) is 68.7 Å². The molecule has 2 aliphatic rings. The molecule has 0 spiro atoms. The second-order valence-corrected chi connectivity index (χ2v) is 7.88. The Hall–Kier alpha value is -3.00. The van der Waals surface area contributed by atoms with Crippen molar-refractivity contribution in [1.82, 2.24) is 29.2 Å². The van der Waals surface area contributed by atoms with E-state index in [9.17, 15) is 4.79 Å². The van der Waals surface area contributed by atoms with Gasteiger partial charge < -0.3 is 10.3 Å². The predicted octanol–water partition coefficient (Wildman–Crippen LogP) is 1.24. The van der Waals surface area contributed by atoms with Crippen LogP contribution < -0.4 is 11.3 Å². The van der Waals surface area contributed by atoms with Crippen LogP contribution in [0.2, 0.25) is 0 Å². The molecule has 0 aromatic carbocycles. The summed E-state index contributed by atoms with van der Waals surface area (Å²) in [5.74, 6) is 1.24. The third-order valence-electron chi connectivity index (χ3n) is 5.92. The van der Waals surface area contributed by atoms with Crippen LogP contribution >= 0.6 is 0 Å². The van der Waals surface area contributed by atoms with Crippen LogP contribution in [0.15, 0.2) is 41.6 Å². The predicted molar refractivity (Wildman–Crippen MR) is 105 cm³/mol. The molecule has 8 heteroatoms. The van der Waals surface area contributed by atoms with Gasteiger partial charge in [0.25, 0.3) is 5.56 Å². The van der Waals surface area contributed by atoms with Gasteiger partial charge in [0.15, 0.2) is 0 Å². The molecule has 3 aromatic rings. The molecule has 0 unspecified atom stereocenters. The molecule has 1 fully saturated rings. The lowest BCUT2D eigenvalue weighted by Gasteiger charge is -2.43. The SMILES string of the molecule is Cn1nccc1CN1C[C@@H]2C[C@H](C1)c1cc(-c3cc(N)ncn3)cc(=O)n1C2. The van der Waals surface area contributed by atoms with Gasteiger partial charge in [-0.05, 0) is 24.5 Å².